The van der Waals surface area contributed by atoms with Crippen LogP contribution in [-0.2, 0) is 6.42 Å². The third kappa shape index (κ3) is 2.46. The second-order valence-corrected chi connectivity index (χ2v) is 4.58. The molecule has 1 aromatic heterocycles. The molecular formula is C11H19N5O. The van der Waals surface area contributed by atoms with Crippen molar-refractivity contribution in [3.05, 3.63) is 11.6 Å². The summed E-state index contributed by atoms with van der Waals surface area (Å²) >= 11 is 0. The molecule has 1 aliphatic rings. The number of piperazine rings is 1. The molecule has 0 aromatic carbocycles. The molecule has 1 aromatic rings. The van der Waals surface area contributed by atoms with Crippen molar-refractivity contribution in [1.82, 2.24) is 25.4 Å². The van der Waals surface area contributed by atoms with Gasteiger partial charge in [0, 0.05) is 31.6 Å². The maximum absolute atomic E-state index is 12.2. The molecule has 0 bridgehead atoms. The highest BCUT2D eigenvalue weighted by atomic mass is 16.2. The molecule has 1 saturated heterocycles. The summed E-state index contributed by atoms with van der Waals surface area (Å²) in [6.07, 6.45) is 0.758. The van der Waals surface area contributed by atoms with Crippen LogP contribution in [0.1, 0.15) is 37.2 Å². The first-order valence-electron chi connectivity index (χ1n) is 6.07. The number of hydrogen-bond donors (Lipinski definition) is 2. The number of carbonyl (C=O) groups is 1. The van der Waals surface area contributed by atoms with E-state index >= 15 is 0 Å². The van der Waals surface area contributed by atoms with Crippen molar-refractivity contribution in [2.45, 2.75) is 39.3 Å². The number of amides is 1. The van der Waals surface area contributed by atoms with Crippen molar-refractivity contribution < 1.29 is 4.79 Å². The zero-order valence-electron chi connectivity index (χ0n) is 10.5. The fourth-order valence-electron chi connectivity index (χ4n) is 1.98. The number of nitrogens with zero attached hydrogens (tertiary/aromatic N) is 3. The Kier molecular flexibility index (Phi) is 3.42. The molecule has 2 unspecified atom stereocenters. The lowest BCUT2D eigenvalue weighted by atomic mass is 10.1. The van der Waals surface area contributed by atoms with Crippen molar-refractivity contribution >= 4 is 5.91 Å². The van der Waals surface area contributed by atoms with Gasteiger partial charge < -0.3 is 10.2 Å². The summed E-state index contributed by atoms with van der Waals surface area (Å²) in [5, 5.41) is 10.1. The van der Waals surface area contributed by atoms with Crippen LogP contribution in [0.15, 0.2) is 0 Å². The van der Waals surface area contributed by atoms with E-state index in [9.17, 15) is 4.79 Å². The first-order chi connectivity index (χ1) is 8.11. The van der Waals surface area contributed by atoms with E-state index in [1.165, 1.54) is 0 Å². The Bertz CT molecular complexity index is 402. The zero-order chi connectivity index (χ0) is 12.4. The second-order valence-electron chi connectivity index (χ2n) is 4.58. The molecular weight excluding hydrogens is 218 g/mol. The van der Waals surface area contributed by atoms with E-state index < -0.39 is 0 Å². The minimum atomic E-state index is -0.0817. The van der Waals surface area contributed by atoms with Crippen molar-refractivity contribution in [1.29, 1.82) is 0 Å². The maximum atomic E-state index is 12.2. The molecule has 0 saturated carbocycles. The van der Waals surface area contributed by atoms with Gasteiger partial charge in [-0.15, -0.1) is 5.10 Å². The van der Waals surface area contributed by atoms with Crippen LogP contribution in [0.2, 0.25) is 0 Å². The molecule has 6 nitrogen and oxygen atoms in total. The Morgan fingerprint density at radius 2 is 2.29 bits per heavy atom. The molecule has 94 valence electrons. The second kappa shape index (κ2) is 4.83. The van der Waals surface area contributed by atoms with Crippen LogP contribution in [0.4, 0.5) is 0 Å². The van der Waals surface area contributed by atoms with Gasteiger partial charge in [0.05, 0.1) is 0 Å². The van der Waals surface area contributed by atoms with Gasteiger partial charge in [-0.3, -0.25) is 9.89 Å². The Hall–Kier alpha value is -1.43. The summed E-state index contributed by atoms with van der Waals surface area (Å²) in [5.41, 5.74) is 0. The Morgan fingerprint density at radius 1 is 1.53 bits per heavy atom. The standard InChI is InChI=1S/C11H19N5O/c1-4-9-13-10(15-14-9)11(17)16-6-7(2)12-5-8(16)3/h7-8,12H,4-6H2,1-3H3,(H,13,14,15). The summed E-state index contributed by atoms with van der Waals surface area (Å²) < 4.78 is 0. The average Bonchev–Trinajstić information content (AvgIpc) is 2.80. The summed E-state index contributed by atoms with van der Waals surface area (Å²) in [5.74, 6) is 0.953. The summed E-state index contributed by atoms with van der Waals surface area (Å²) in [7, 11) is 0. The zero-order valence-corrected chi connectivity index (χ0v) is 10.5. The lowest BCUT2D eigenvalue weighted by Crippen LogP contribution is -2.56. The average molecular weight is 237 g/mol. The number of carbonyl (C=O) groups excluding carboxylic acids is 1. The van der Waals surface area contributed by atoms with Gasteiger partial charge in [-0.05, 0) is 13.8 Å². The maximum Gasteiger partial charge on any atom is 0.293 e. The normalized spacial score (nSPS) is 25.0. The fourth-order valence-corrected chi connectivity index (χ4v) is 1.98. The number of H-pyrrole nitrogens is 1. The van der Waals surface area contributed by atoms with Crippen molar-refractivity contribution in [3.63, 3.8) is 0 Å². The molecule has 6 heteroatoms. The van der Waals surface area contributed by atoms with E-state index in [0.717, 1.165) is 18.8 Å². The van der Waals surface area contributed by atoms with E-state index in [4.69, 9.17) is 0 Å². The van der Waals surface area contributed by atoms with Crippen LogP contribution in [-0.4, -0.2) is 51.2 Å². The quantitative estimate of drug-likeness (QED) is 0.770. The molecule has 1 aliphatic heterocycles. The first kappa shape index (κ1) is 12.0. The largest absolute Gasteiger partial charge is 0.330 e. The van der Waals surface area contributed by atoms with Gasteiger partial charge in [0.2, 0.25) is 5.82 Å². The van der Waals surface area contributed by atoms with Crippen LogP contribution < -0.4 is 5.32 Å². The number of hydrogen-bond acceptors (Lipinski definition) is 4. The highest BCUT2D eigenvalue weighted by Crippen LogP contribution is 2.10. The smallest absolute Gasteiger partial charge is 0.293 e. The number of aromatic amines is 1. The minimum absolute atomic E-state index is 0.0817. The van der Waals surface area contributed by atoms with Gasteiger partial charge in [-0.25, -0.2) is 4.98 Å². The molecule has 1 amide bonds. The van der Waals surface area contributed by atoms with E-state index in [1.54, 1.807) is 0 Å². The van der Waals surface area contributed by atoms with E-state index in [0.29, 0.717) is 12.6 Å². The van der Waals surface area contributed by atoms with Crippen LogP contribution in [0.25, 0.3) is 0 Å². The lowest BCUT2D eigenvalue weighted by molar-refractivity contribution is 0.0604. The molecule has 0 spiro atoms. The van der Waals surface area contributed by atoms with Crippen LogP contribution in [0.3, 0.4) is 0 Å². The Morgan fingerprint density at radius 3 is 2.94 bits per heavy atom. The van der Waals surface area contributed by atoms with Crippen molar-refractivity contribution in [2.75, 3.05) is 13.1 Å². The number of aromatic nitrogens is 3. The molecule has 2 atom stereocenters. The first-order valence-corrected chi connectivity index (χ1v) is 6.07. The monoisotopic (exact) mass is 237 g/mol. The minimum Gasteiger partial charge on any atom is -0.330 e. The van der Waals surface area contributed by atoms with Gasteiger partial charge in [0.15, 0.2) is 0 Å². The van der Waals surface area contributed by atoms with E-state index in [-0.39, 0.29) is 17.8 Å². The van der Waals surface area contributed by atoms with Gasteiger partial charge in [-0.1, -0.05) is 6.92 Å². The highest BCUT2D eigenvalue weighted by molar-refractivity contribution is 5.90. The third-order valence-corrected chi connectivity index (χ3v) is 3.08. The molecule has 1 fully saturated rings. The Balaban J connectivity index is 2.12. The number of aryl methyl sites for hydroxylation is 1. The van der Waals surface area contributed by atoms with Gasteiger partial charge in [-0.2, -0.15) is 0 Å². The van der Waals surface area contributed by atoms with Gasteiger partial charge >= 0.3 is 0 Å². The Labute approximate surface area is 101 Å². The summed E-state index contributed by atoms with van der Waals surface area (Å²) in [6, 6.07) is 0.502. The van der Waals surface area contributed by atoms with Crippen molar-refractivity contribution in [3.8, 4) is 0 Å². The van der Waals surface area contributed by atoms with Gasteiger partial charge in [0.25, 0.3) is 5.91 Å². The topological polar surface area (TPSA) is 73.9 Å². The number of rotatable bonds is 2. The molecule has 2 rings (SSSR count). The summed E-state index contributed by atoms with van der Waals surface area (Å²) in [6.45, 7) is 7.60. The SMILES string of the molecule is CCc1nc(C(=O)N2CC(C)NCC2C)n[nH]1. The fraction of sp³-hybridized carbons (Fsp3) is 0.727. The summed E-state index contributed by atoms with van der Waals surface area (Å²) in [4.78, 5) is 18.3. The number of nitrogens with one attached hydrogen (secondary N) is 2. The predicted octanol–water partition coefficient (Wildman–Crippen LogP) is 0.190. The van der Waals surface area contributed by atoms with Gasteiger partial charge in [0.1, 0.15) is 5.82 Å². The van der Waals surface area contributed by atoms with Crippen LogP contribution >= 0.6 is 0 Å². The molecule has 17 heavy (non-hydrogen) atoms. The molecule has 2 N–H and O–H groups in total. The lowest BCUT2D eigenvalue weighted by Gasteiger charge is -2.36. The van der Waals surface area contributed by atoms with E-state index in [1.807, 2.05) is 18.7 Å². The van der Waals surface area contributed by atoms with Crippen LogP contribution in [0.5, 0.6) is 0 Å². The van der Waals surface area contributed by atoms with Crippen LogP contribution in [0, 0.1) is 0 Å². The molecule has 0 aliphatic carbocycles. The predicted molar refractivity (Wildman–Crippen MR) is 63.7 cm³/mol. The van der Waals surface area contributed by atoms with E-state index in [2.05, 4.69) is 27.4 Å². The highest BCUT2D eigenvalue weighted by Gasteiger charge is 2.29. The third-order valence-electron chi connectivity index (χ3n) is 3.08. The molecule has 2 heterocycles. The van der Waals surface area contributed by atoms with Crippen molar-refractivity contribution in [2.24, 2.45) is 0 Å². The molecule has 0 radical (unpaired) electrons.